The molecule has 0 amide bonds. The van der Waals surface area contributed by atoms with Crippen LogP contribution in [0.5, 0.6) is 0 Å². The van der Waals surface area contributed by atoms with Crippen molar-refractivity contribution >= 4 is 17.5 Å². The number of anilines is 2. The summed E-state index contributed by atoms with van der Waals surface area (Å²) in [6.07, 6.45) is 0. The lowest BCUT2D eigenvalue weighted by atomic mass is 10.3. The summed E-state index contributed by atoms with van der Waals surface area (Å²) in [5, 5.41) is 12.4. The van der Waals surface area contributed by atoms with Gasteiger partial charge < -0.3 is 0 Å². The van der Waals surface area contributed by atoms with E-state index < -0.39 is 4.92 Å². The number of nitrogen functional groups attached to an aromatic ring is 1. The largest absolute Gasteiger partial charge is 0.333 e. The van der Waals surface area contributed by atoms with Crippen LogP contribution in [-0.4, -0.2) is 34.0 Å². The zero-order chi connectivity index (χ0) is 12.3. The maximum atomic E-state index is 10.8. The number of aromatic nitrogens is 2. The van der Waals surface area contributed by atoms with Crippen LogP contribution in [0.1, 0.15) is 5.69 Å². The number of hydrogen-bond acceptors (Lipinski definition) is 8. The van der Waals surface area contributed by atoms with E-state index in [0.717, 1.165) is 0 Å². The van der Waals surface area contributed by atoms with E-state index in [9.17, 15) is 10.1 Å². The van der Waals surface area contributed by atoms with Crippen LogP contribution in [0, 0.1) is 17.0 Å². The standard InChI is InChI=1S/C7H13N7O2/c1-4-5(14(15)16)6(12-13(2)3)10-7(9-4)11-8/h8H2,1-3H3,(H2,9,10,11,12). The van der Waals surface area contributed by atoms with Gasteiger partial charge >= 0.3 is 5.69 Å². The quantitative estimate of drug-likeness (QED) is 0.369. The molecular formula is C7H13N7O2. The fourth-order valence-corrected chi connectivity index (χ4v) is 1.14. The Balaban J connectivity index is 3.28. The molecule has 0 aliphatic rings. The van der Waals surface area contributed by atoms with E-state index in [0.29, 0.717) is 0 Å². The van der Waals surface area contributed by atoms with Gasteiger partial charge in [-0.25, -0.2) is 15.8 Å². The second-order valence-corrected chi connectivity index (χ2v) is 3.24. The van der Waals surface area contributed by atoms with Crippen molar-refractivity contribution in [2.75, 3.05) is 24.9 Å². The number of rotatable bonds is 4. The summed E-state index contributed by atoms with van der Waals surface area (Å²) in [5.41, 5.74) is 5.02. The molecule has 0 saturated heterocycles. The van der Waals surface area contributed by atoms with Crippen LogP contribution in [0.3, 0.4) is 0 Å². The van der Waals surface area contributed by atoms with Gasteiger partial charge in [-0.05, 0) is 6.92 Å². The highest BCUT2D eigenvalue weighted by molar-refractivity contribution is 5.60. The highest BCUT2D eigenvalue weighted by atomic mass is 16.6. The van der Waals surface area contributed by atoms with Gasteiger partial charge in [0.05, 0.1) is 4.92 Å². The van der Waals surface area contributed by atoms with Gasteiger partial charge in [0.15, 0.2) is 0 Å². The number of aryl methyl sites for hydroxylation is 1. The molecule has 88 valence electrons. The third-order valence-electron chi connectivity index (χ3n) is 1.70. The second kappa shape index (κ2) is 4.68. The molecule has 0 spiro atoms. The average Bonchev–Trinajstić information content (AvgIpc) is 2.14. The Kier molecular flexibility index (Phi) is 3.53. The molecular weight excluding hydrogens is 214 g/mol. The Morgan fingerprint density at radius 1 is 1.44 bits per heavy atom. The monoisotopic (exact) mass is 227 g/mol. The molecule has 0 aliphatic carbocycles. The van der Waals surface area contributed by atoms with E-state index in [-0.39, 0.29) is 23.1 Å². The highest BCUT2D eigenvalue weighted by Crippen LogP contribution is 2.26. The summed E-state index contributed by atoms with van der Waals surface area (Å²) in [7, 11) is 3.38. The number of nitro groups is 1. The van der Waals surface area contributed by atoms with E-state index >= 15 is 0 Å². The molecule has 0 saturated carbocycles. The first kappa shape index (κ1) is 12.1. The average molecular weight is 227 g/mol. The van der Waals surface area contributed by atoms with Crippen molar-refractivity contribution in [3.8, 4) is 0 Å². The molecule has 4 N–H and O–H groups in total. The van der Waals surface area contributed by atoms with Gasteiger partial charge in [0.1, 0.15) is 5.69 Å². The molecule has 9 nitrogen and oxygen atoms in total. The van der Waals surface area contributed by atoms with Gasteiger partial charge in [-0.3, -0.25) is 21.0 Å². The lowest BCUT2D eigenvalue weighted by molar-refractivity contribution is -0.385. The Bertz CT molecular complexity index is 406. The molecule has 1 aromatic rings. The zero-order valence-electron chi connectivity index (χ0n) is 9.18. The molecule has 0 atom stereocenters. The normalized spacial score (nSPS) is 10.3. The van der Waals surface area contributed by atoms with E-state index in [1.165, 1.54) is 11.9 Å². The second-order valence-electron chi connectivity index (χ2n) is 3.24. The van der Waals surface area contributed by atoms with Crippen molar-refractivity contribution in [1.82, 2.24) is 15.0 Å². The van der Waals surface area contributed by atoms with Gasteiger partial charge in [0.25, 0.3) is 0 Å². The molecule has 16 heavy (non-hydrogen) atoms. The fourth-order valence-electron chi connectivity index (χ4n) is 1.14. The molecule has 0 fully saturated rings. The molecule has 1 aromatic heterocycles. The number of hydrazine groups is 2. The van der Waals surface area contributed by atoms with Gasteiger partial charge in [0.2, 0.25) is 11.8 Å². The van der Waals surface area contributed by atoms with Crippen molar-refractivity contribution in [3.05, 3.63) is 15.8 Å². The van der Waals surface area contributed by atoms with E-state index in [1.54, 1.807) is 14.1 Å². The van der Waals surface area contributed by atoms with Crippen molar-refractivity contribution in [3.63, 3.8) is 0 Å². The van der Waals surface area contributed by atoms with Crippen LogP contribution < -0.4 is 16.7 Å². The number of nitrogens with two attached hydrogens (primary N) is 1. The Morgan fingerprint density at radius 3 is 2.50 bits per heavy atom. The van der Waals surface area contributed by atoms with Crippen LogP contribution in [0.4, 0.5) is 17.5 Å². The van der Waals surface area contributed by atoms with E-state index in [2.05, 4.69) is 20.8 Å². The number of nitrogens with one attached hydrogen (secondary N) is 2. The molecule has 0 aromatic carbocycles. The predicted octanol–water partition coefficient (Wildman–Crippen LogP) is -0.133. The predicted molar refractivity (Wildman–Crippen MR) is 58.5 cm³/mol. The topological polar surface area (TPSA) is 122 Å². The summed E-state index contributed by atoms with van der Waals surface area (Å²) in [4.78, 5) is 18.0. The molecule has 0 bridgehead atoms. The molecule has 9 heteroatoms. The van der Waals surface area contributed by atoms with Crippen LogP contribution in [0.25, 0.3) is 0 Å². The van der Waals surface area contributed by atoms with Crippen LogP contribution in [0.15, 0.2) is 0 Å². The first-order chi connectivity index (χ1) is 7.45. The highest BCUT2D eigenvalue weighted by Gasteiger charge is 2.22. The Hall–Kier alpha value is -2.00. The third-order valence-corrected chi connectivity index (χ3v) is 1.70. The van der Waals surface area contributed by atoms with Crippen molar-refractivity contribution < 1.29 is 4.92 Å². The molecule has 0 radical (unpaired) electrons. The number of hydrogen-bond donors (Lipinski definition) is 3. The van der Waals surface area contributed by atoms with Crippen LogP contribution in [-0.2, 0) is 0 Å². The number of nitrogens with zero attached hydrogens (tertiary/aromatic N) is 4. The fraction of sp³-hybridized carbons (Fsp3) is 0.429. The smallest absolute Gasteiger partial charge is 0.298 e. The summed E-state index contributed by atoms with van der Waals surface area (Å²) in [5.74, 6) is 5.37. The molecule has 0 aliphatic heterocycles. The minimum atomic E-state index is -0.540. The molecule has 1 heterocycles. The van der Waals surface area contributed by atoms with Crippen molar-refractivity contribution in [2.24, 2.45) is 5.84 Å². The summed E-state index contributed by atoms with van der Waals surface area (Å²) >= 11 is 0. The van der Waals surface area contributed by atoms with Gasteiger partial charge in [-0.15, -0.1) is 0 Å². The summed E-state index contributed by atoms with van der Waals surface area (Å²) < 4.78 is 0. The Labute approximate surface area is 91.8 Å². The van der Waals surface area contributed by atoms with Crippen molar-refractivity contribution in [1.29, 1.82) is 0 Å². The summed E-state index contributed by atoms with van der Waals surface area (Å²) in [6.45, 7) is 1.52. The maximum Gasteiger partial charge on any atom is 0.333 e. The summed E-state index contributed by atoms with van der Waals surface area (Å²) in [6, 6.07) is 0. The van der Waals surface area contributed by atoms with Gasteiger partial charge in [-0.2, -0.15) is 4.98 Å². The van der Waals surface area contributed by atoms with E-state index in [4.69, 9.17) is 5.84 Å². The minimum absolute atomic E-state index is 0.0930. The minimum Gasteiger partial charge on any atom is -0.298 e. The van der Waals surface area contributed by atoms with Gasteiger partial charge in [-0.1, -0.05) is 0 Å². The SMILES string of the molecule is Cc1nc(NN)nc(NN(C)C)c1[N+](=O)[O-]. The first-order valence-corrected chi connectivity index (χ1v) is 4.39. The van der Waals surface area contributed by atoms with Crippen LogP contribution in [0.2, 0.25) is 0 Å². The Morgan fingerprint density at radius 2 is 2.06 bits per heavy atom. The first-order valence-electron chi connectivity index (χ1n) is 4.39. The third kappa shape index (κ3) is 2.52. The van der Waals surface area contributed by atoms with Gasteiger partial charge in [0, 0.05) is 14.1 Å². The molecule has 1 rings (SSSR count). The van der Waals surface area contributed by atoms with Crippen LogP contribution >= 0.6 is 0 Å². The van der Waals surface area contributed by atoms with E-state index in [1.807, 2.05) is 0 Å². The lowest BCUT2D eigenvalue weighted by Gasteiger charge is -2.13. The lowest BCUT2D eigenvalue weighted by Crippen LogP contribution is -2.23. The maximum absolute atomic E-state index is 10.8. The van der Waals surface area contributed by atoms with Crippen molar-refractivity contribution in [2.45, 2.75) is 6.92 Å². The molecule has 0 unspecified atom stereocenters. The zero-order valence-corrected chi connectivity index (χ0v) is 9.18.